The zero-order valence-electron chi connectivity index (χ0n) is 29.4. The third kappa shape index (κ3) is 13.6. The highest BCUT2D eigenvalue weighted by atomic mass is 16.5. The topological polar surface area (TPSA) is 82.1 Å². The van der Waals surface area contributed by atoms with Crippen molar-refractivity contribution in [2.24, 2.45) is 0 Å². The van der Waals surface area contributed by atoms with Gasteiger partial charge in [-0.25, -0.2) is 14.4 Å². The maximum absolute atomic E-state index is 11.6. The molecule has 0 aromatic heterocycles. The van der Waals surface area contributed by atoms with E-state index >= 15 is 0 Å². The first-order chi connectivity index (χ1) is 23.5. The lowest BCUT2D eigenvalue weighted by molar-refractivity contribution is -0.139. The Morgan fingerprint density at radius 3 is 0.918 bits per heavy atom. The zero-order chi connectivity index (χ0) is 35.6. The van der Waals surface area contributed by atoms with Crippen LogP contribution in [0.1, 0.15) is 76.0 Å². The maximum Gasteiger partial charge on any atom is 0.333 e. The number of unbranched alkanes of at least 4 members (excludes halogenated alkanes) is 3. The van der Waals surface area contributed by atoms with E-state index in [1.165, 1.54) is 16.7 Å². The standard InChI is InChI=1S/C42H51NO6/c1-31(2)40(44)47-28-10-7-13-34-16-22-37(23-17-34)43(38-24-18-35(19-25-38)14-8-11-29-48-41(45)32(3)4)39-26-20-36(21-27-39)15-9-12-30-49-42(46)33(5)6/h16-27H,1,3,5,7-15,28-30H2,2,4,6H3. The van der Waals surface area contributed by atoms with Crippen LogP contribution < -0.4 is 4.90 Å². The van der Waals surface area contributed by atoms with Crippen LogP contribution in [0.3, 0.4) is 0 Å². The lowest BCUT2D eigenvalue weighted by Crippen LogP contribution is -2.10. The van der Waals surface area contributed by atoms with Crippen LogP contribution in [0.2, 0.25) is 0 Å². The first-order valence-electron chi connectivity index (χ1n) is 17.1. The normalized spacial score (nSPS) is 10.6. The van der Waals surface area contributed by atoms with Crippen molar-refractivity contribution in [3.05, 3.63) is 126 Å². The quantitative estimate of drug-likeness (QED) is 0.0485. The third-order valence-corrected chi connectivity index (χ3v) is 7.91. The van der Waals surface area contributed by atoms with Crippen LogP contribution >= 0.6 is 0 Å². The van der Waals surface area contributed by atoms with Crippen molar-refractivity contribution >= 4 is 35.0 Å². The lowest BCUT2D eigenvalue weighted by atomic mass is 10.0. The second kappa shape index (κ2) is 20.5. The van der Waals surface area contributed by atoms with Gasteiger partial charge < -0.3 is 19.1 Å². The van der Waals surface area contributed by atoms with Crippen molar-refractivity contribution < 1.29 is 28.6 Å². The Hall–Kier alpha value is -4.91. The van der Waals surface area contributed by atoms with Crippen molar-refractivity contribution in [1.82, 2.24) is 0 Å². The highest BCUT2D eigenvalue weighted by Crippen LogP contribution is 2.35. The predicted octanol–water partition coefficient (Wildman–Crippen LogP) is 9.48. The SMILES string of the molecule is C=C(C)C(=O)OCCCCc1ccc(N(c2ccc(CCCCOC(=O)C(=C)C)cc2)c2ccc(CCCCOC(=O)C(=C)C)cc2)cc1. The summed E-state index contributed by atoms with van der Waals surface area (Å²) in [6.07, 6.45) is 7.83. The van der Waals surface area contributed by atoms with E-state index in [4.69, 9.17) is 14.2 Å². The number of hydrogen-bond acceptors (Lipinski definition) is 7. The van der Waals surface area contributed by atoms with Crippen molar-refractivity contribution in [1.29, 1.82) is 0 Å². The number of rotatable bonds is 21. The van der Waals surface area contributed by atoms with Gasteiger partial charge >= 0.3 is 17.9 Å². The molecule has 0 aliphatic carbocycles. The van der Waals surface area contributed by atoms with Crippen LogP contribution in [0.15, 0.2) is 109 Å². The molecule has 0 atom stereocenters. The fourth-order valence-corrected chi connectivity index (χ4v) is 5.04. The minimum absolute atomic E-state index is 0.339. The van der Waals surface area contributed by atoms with Gasteiger partial charge in [0.05, 0.1) is 19.8 Å². The molecular weight excluding hydrogens is 614 g/mol. The van der Waals surface area contributed by atoms with E-state index in [1.54, 1.807) is 20.8 Å². The number of carbonyl (C=O) groups excluding carboxylic acids is 3. The van der Waals surface area contributed by atoms with E-state index < -0.39 is 0 Å². The van der Waals surface area contributed by atoms with E-state index in [0.717, 1.165) is 74.8 Å². The molecule has 0 saturated heterocycles. The summed E-state index contributed by atoms with van der Waals surface area (Å²) in [6, 6.07) is 25.9. The minimum atomic E-state index is -0.339. The molecule has 0 N–H and O–H groups in total. The predicted molar refractivity (Wildman–Crippen MR) is 197 cm³/mol. The van der Waals surface area contributed by atoms with E-state index in [2.05, 4.69) is 97.4 Å². The van der Waals surface area contributed by atoms with Crippen LogP contribution in [0, 0.1) is 0 Å². The molecule has 0 bridgehead atoms. The summed E-state index contributed by atoms with van der Waals surface area (Å²) in [7, 11) is 0. The molecule has 0 aliphatic heterocycles. The van der Waals surface area contributed by atoms with Crippen LogP contribution in [-0.4, -0.2) is 37.7 Å². The molecule has 0 radical (unpaired) electrons. The summed E-state index contributed by atoms with van der Waals surface area (Å²) in [6.45, 7) is 17.0. The lowest BCUT2D eigenvalue weighted by Gasteiger charge is -2.26. The Balaban J connectivity index is 1.66. The van der Waals surface area contributed by atoms with Gasteiger partial charge in [-0.05, 0) is 132 Å². The molecule has 3 aromatic carbocycles. The number of anilines is 3. The molecular formula is C42H51NO6. The zero-order valence-corrected chi connectivity index (χ0v) is 29.4. The Labute approximate surface area is 292 Å². The molecule has 3 aromatic rings. The number of carbonyl (C=O) groups is 3. The summed E-state index contributed by atoms with van der Waals surface area (Å²) in [5.41, 5.74) is 8.09. The highest BCUT2D eigenvalue weighted by molar-refractivity contribution is 5.87. The minimum Gasteiger partial charge on any atom is -0.462 e. The molecule has 0 unspecified atom stereocenters. The summed E-state index contributed by atoms with van der Waals surface area (Å²) in [5.74, 6) is -1.02. The fraction of sp³-hybridized carbons (Fsp3) is 0.357. The Morgan fingerprint density at radius 2 is 0.694 bits per heavy atom. The number of esters is 3. The van der Waals surface area contributed by atoms with E-state index in [9.17, 15) is 14.4 Å². The smallest absolute Gasteiger partial charge is 0.333 e. The Bertz CT molecular complexity index is 1370. The number of benzene rings is 3. The second-order valence-electron chi connectivity index (χ2n) is 12.5. The van der Waals surface area contributed by atoms with Gasteiger partial charge in [0.25, 0.3) is 0 Å². The van der Waals surface area contributed by atoms with Crippen LogP contribution in [-0.2, 0) is 47.9 Å². The largest absolute Gasteiger partial charge is 0.462 e. The maximum atomic E-state index is 11.6. The monoisotopic (exact) mass is 665 g/mol. The number of ether oxygens (including phenoxy) is 3. The van der Waals surface area contributed by atoms with Gasteiger partial charge in [0, 0.05) is 33.8 Å². The number of hydrogen-bond donors (Lipinski definition) is 0. The van der Waals surface area contributed by atoms with Crippen molar-refractivity contribution in [3.8, 4) is 0 Å². The van der Waals surface area contributed by atoms with Gasteiger partial charge in [0.1, 0.15) is 0 Å². The number of nitrogens with zero attached hydrogens (tertiary/aromatic N) is 1. The van der Waals surface area contributed by atoms with Gasteiger partial charge in [-0.2, -0.15) is 0 Å². The van der Waals surface area contributed by atoms with Crippen LogP contribution in [0.4, 0.5) is 17.1 Å². The first-order valence-corrected chi connectivity index (χ1v) is 17.1. The molecule has 0 saturated carbocycles. The van der Waals surface area contributed by atoms with Crippen molar-refractivity contribution in [3.63, 3.8) is 0 Å². The van der Waals surface area contributed by atoms with E-state index in [-0.39, 0.29) is 17.9 Å². The molecule has 49 heavy (non-hydrogen) atoms. The fourth-order valence-electron chi connectivity index (χ4n) is 5.04. The van der Waals surface area contributed by atoms with Gasteiger partial charge in [-0.3, -0.25) is 0 Å². The Kier molecular flexibility index (Phi) is 16.1. The number of aryl methyl sites for hydroxylation is 3. The summed E-state index contributed by atoms with van der Waals surface area (Å²) >= 11 is 0. The summed E-state index contributed by atoms with van der Waals surface area (Å²) < 4.78 is 15.7. The molecule has 260 valence electrons. The summed E-state index contributed by atoms with van der Waals surface area (Å²) in [5, 5.41) is 0. The van der Waals surface area contributed by atoms with E-state index in [0.29, 0.717) is 36.5 Å². The molecule has 7 heteroatoms. The average Bonchev–Trinajstić information content (AvgIpc) is 3.09. The summed E-state index contributed by atoms with van der Waals surface area (Å²) in [4.78, 5) is 37.1. The molecule has 3 rings (SSSR count). The van der Waals surface area contributed by atoms with Gasteiger partial charge in [-0.1, -0.05) is 56.1 Å². The van der Waals surface area contributed by atoms with Crippen LogP contribution in [0.5, 0.6) is 0 Å². The molecule has 0 heterocycles. The van der Waals surface area contributed by atoms with Gasteiger partial charge in [-0.15, -0.1) is 0 Å². The van der Waals surface area contributed by atoms with Crippen LogP contribution in [0.25, 0.3) is 0 Å². The molecule has 7 nitrogen and oxygen atoms in total. The Morgan fingerprint density at radius 1 is 0.449 bits per heavy atom. The molecule has 0 spiro atoms. The molecule has 0 amide bonds. The first kappa shape index (κ1) is 38.5. The highest BCUT2D eigenvalue weighted by Gasteiger charge is 2.13. The van der Waals surface area contributed by atoms with Gasteiger partial charge in [0.2, 0.25) is 0 Å². The third-order valence-electron chi connectivity index (χ3n) is 7.91. The average molecular weight is 666 g/mol. The van der Waals surface area contributed by atoms with E-state index in [1.807, 2.05) is 0 Å². The molecule has 0 fully saturated rings. The second-order valence-corrected chi connectivity index (χ2v) is 12.5. The van der Waals surface area contributed by atoms with Gasteiger partial charge in [0.15, 0.2) is 0 Å². The molecule has 0 aliphatic rings. The van der Waals surface area contributed by atoms with Crippen molar-refractivity contribution in [2.45, 2.75) is 78.6 Å². The van der Waals surface area contributed by atoms with Crippen molar-refractivity contribution in [2.75, 3.05) is 24.7 Å².